The van der Waals surface area contributed by atoms with Crippen LogP contribution in [0.1, 0.15) is 12.6 Å². The first-order valence-corrected chi connectivity index (χ1v) is 10.3. The molecule has 0 spiro atoms. The van der Waals surface area contributed by atoms with Crippen molar-refractivity contribution in [2.45, 2.75) is 24.9 Å². The molecule has 1 aromatic carbocycles. The van der Waals surface area contributed by atoms with Crippen molar-refractivity contribution in [1.82, 2.24) is 9.55 Å². The van der Waals surface area contributed by atoms with E-state index in [1.807, 2.05) is 6.07 Å². The van der Waals surface area contributed by atoms with E-state index >= 15 is 0 Å². The summed E-state index contributed by atoms with van der Waals surface area (Å²) in [5, 5.41) is 12.1. The van der Waals surface area contributed by atoms with Crippen LogP contribution in [0.3, 0.4) is 0 Å². The lowest BCUT2D eigenvalue weighted by molar-refractivity contribution is -0.274. The largest absolute Gasteiger partial charge is 0.858 e. The molecule has 2 aromatic rings. The van der Waals surface area contributed by atoms with E-state index in [1.54, 1.807) is 24.3 Å². The van der Waals surface area contributed by atoms with Crippen LogP contribution in [-0.2, 0) is 18.6 Å². The first-order chi connectivity index (χ1) is 12.8. The topological polar surface area (TPSA) is 123 Å². The zero-order valence-electron chi connectivity index (χ0n) is 14.8. The van der Waals surface area contributed by atoms with Gasteiger partial charge in [0, 0.05) is 37.8 Å². The van der Waals surface area contributed by atoms with Crippen LogP contribution in [0.4, 0.5) is 0 Å². The van der Waals surface area contributed by atoms with E-state index in [0.29, 0.717) is 5.56 Å². The van der Waals surface area contributed by atoms with Gasteiger partial charge in [-0.3, -0.25) is 9.13 Å². The molecule has 0 saturated carbocycles. The molecule has 27 heavy (non-hydrogen) atoms. The molecular weight excluding hydrogens is 375 g/mol. The van der Waals surface area contributed by atoms with Crippen molar-refractivity contribution in [3.8, 4) is 17.0 Å². The summed E-state index contributed by atoms with van der Waals surface area (Å²) in [6.45, 7) is 1.20. The highest BCUT2D eigenvalue weighted by Gasteiger charge is 2.40. The quantitative estimate of drug-likeness (QED) is 0.722. The van der Waals surface area contributed by atoms with Crippen LogP contribution in [0, 0.1) is 0 Å². The van der Waals surface area contributed by atoms with Crippen molar-refractivity contribution in [1.29, 1.82) is 0 Å². The van der Waals surface area contributed by atoms with E-state index < -0.39 is 37.6 Å². The lowest BCUT2D eigenvalue weighted by Gasteiger charge is -2.19. The lowest BCUT2D eigenvalue weighted by atomic mass is 10.1. The minimum Gasteiger partial charge on any atom is -0.858 e. The van der Waals surface area contributed by atoms with E-state index in [0.717, 1.165) is 6.66 Å². The van der Waals surface area contributed by atoms with Crippen LogP contribution < -0.4 is 10.8 Å². The fourth-order valence-electron chi connectivity index (χ4n) is 3.02. The normalized spacial score (nSPS) is 24.6. The van der Waals surface area contributed by atoms with E-state index in [4.69, 9.17) is 14.0 Å². The van der Waals surface area contributed by atoms with Crippen molar-refractivity contribution in [2.75, 3.05) is 20.4 Å². The highest BCUT2D eigenvalue weighted by molar-refractivity contribution is 7.51. The second-order valence-electron chi connectivity index (χ2n) is 6.28. The van der Waals surface area contributed by atoms with Gasteiger partial charge in [0.15, 0.2) is 0 Å². The first-order valence-electron chi connectivity index (χ1n) is 8.27. The molecule has 1 aromatic heterocycles. The number of hydrogen-bond donors (Lipinski definition) is 1. The van der Waals surface area contributed by atoms with Crippen molar-refractivity contribution >= 4 is 7.60 Å². The van der Waals surface area contributed by atoms with Gasteiger partial charge in [0.1, 0.15) is 12.3 Å². The predicted molar refractivity (Wildman–Crippen MR) is 94.4 cm³/mol. The van der Waals surface area contributed by atoms with Crippen LogP contribution in [0.25, 0.3) is 11.1 Å². The van der Waals surface area contributed by atoms with Crippen LogP contribution in [0.5, 0.6) is 5.88 Å². The molecule has 0 radical (unpaired) electrons. The summed E-state index contributed by atoms with van der Waals surface area (Å²) in [5.41, 5.74) is 0.122. The third-order valence-electron chi connectivity index (χ3n) is 4.15. The second kappa shape index (κ2) is 7.92. The van der Waals surface area contributed by atoms with Crippen LogP contribution in [-0.4, -0.2) is 47.0 Å². The molecule has 4 atom stereocenters. The van der Waals surface area contributed by atoms with Crippen LogP contribution in [0.15, 0.2) is 41.3 Å². The number of benzene rings is 1. The number of hydrogen-bond acceptors (Lipinski definition) is 7. The Morgan fingerprint density at radius 2 is 2.11 bits per heavy atom. The summed E-state index contributed by atoms with van der Waals surface area (Å²) in [5.74, 6) is -0.630. The summed E-state index contributed by atoms with van der Waals surface area (Å²) in [6, 6.07) is 8.83. The van der Waals surface area contributed by atoms with Crippen molar-refractivity contribution in [2.24, 2.45) is 0 Å². The van der Waals surface area contributed by atoms with Gasteiger partial charge < -0.3 is 24.0 Å². The molecule has 3 rings (SSSR count). The summed E-state index contributed by atoms with van der Waals surface area (Å²) in [4.78, 5) is 25.3. The Morgan fingerprint density at radius 3 is 2.74 bits per heavy atom. The summed E-state index contributed by atoms with van der Waals surface area (Å²) < 4.78 is 28.9. The molecule has 4 unspecified atom stereocenters. The fraction of sp³-hybridized carbons (Fsp3) is 0.412. The molecule has 1 saturated heterocycles. The Morgan fingerprint density at radius 1 is 1.41 bits per heavy atom. The molecule has 0 amide bonds. The van der Waals surface area contributed by atoms with Gasteiger partial charge in [-0.05, 0) is 5.56 Å². The molecule has 9 nitrogen and oxygen atoms in total. The number of rotatable bonds is 6. The molecule has 1 fully saturated rings. The zero-order chi connectivity index (χ0) is 19.6. The number of aromatic nitrogens is 2. The van der Waals surface area contributed by atoms with Gasteiger partial charge in [-0.25, -0.2) is 9.78 Å². The van der Waals surface area contributed by atoms with Gasteiger partial charge in [-0.15, -0.1) is 0 Å². The molecule has 2 heterocycles. The fourth-order valence-corrected chi connectivity index (χ4v) is 3.75. The van der Waals surface area contributed by atoms with Gasteiger partial charge in [-0.2, -0.15) is 0 Å². The maximum Gasteiger partial charge on any atom is 0.349 e. The molecule has 146 valence electrons. The van der Waals surface area contributed by atoms with Gasteiger partial charge in [0.05, 0.1) is 12.7 Å². The number of ether oxygens (including phenoxy) is 2. The molecular formula is C17H20N2O7P-. The predicted octanol–water partition coefficient (Wildman–Crippen LogP) is 1.12. The van der Waals surface area contributed by atoms with Gasteiger partial charge in [0.2, 0.25) is 0 Å². The molecule has 1 N–H and O–H groups in total. The SMILES string of the molecule is COCC1OC(n2cc(-c3ccccc3)c([O-])nc2=O)CC1OP(C)(=O)O. The average molecular weight is 395 g/mol. The van der Waals surface area contributed by atoms with Crippen LogP contribution in [0.2, 0.25) is 0 Å². The minimum absolute atomic E-state index is 0.120. The molecule has 0 bridgehead atoms. The number of nitrogens with zero attached hydrogens (tertiary/aromatic N) is 2. The van der Waals surface area contributed by atoms with Gasteiger partial charge in [-0.1, -0.05) is 30.3 Å². The van der Waals surface area contributed by atoms with E-state index in [1.165, 1.54) is 17.9 Å². The Bertz CT molecular complexity index is 896. The lowest BCUT2D eigenvalue weighted by Crippen LogP contribution is -2.29. The summed E-state index contributed by atoms with van der Waals surface area (Å²) >= 11 is 0. The van der Waals surface area contributed by atoms with Gasteiger partial charge in [0.25, 0.3) is 0 Å². The van der Waals surface area contributed by atoms with Crippen molar-refractivity contribution in [3.63, 3.8) is 0 Å². The highest BCUT2D eigenvalue weighted by atomic mass is 31.2. The maximum absolute atomic E-state index is 12.3. The standard InChI is InChI=1S/C17H21N2O7P/c1-24-10-14-13(26-27(2,22)23)8-15(25-14)19-9-12(16(20)18-17(19)21)11-6-4-3-5-7-11/h3-7,9,13-15H,8,10H2,1-2H3,(H,22,23)(H,18,20,21)/p-1. The van der Waals surface area contributed by atoms with Crippen molar-refractivity contribution < 1.29 is 28.6 Å². The summed E-state index contributed by atoms with van der Waals surface area (Å²) in [6.07, 6.45) is -0.645. The maximum atomic E-state index is 12.3. The highest BCUT2D eigenvalue weighted by Crippen LogP contribution is 2.44. The zero-order valence-corrected chi connectivity index (χ0v) is 15.7. The molecule has 10 heteroatoms. The Kier molecular flexibility index (Phi) is 5.78. The van der Waals surface area contributed by atoms with E-state index in [2.05, 4.69) is 4.98 Å². The Labute approximate surface area is 155 Å². The van der Waals surface area contributed by atoms with Gasteiger partial charge >= 0.3 is 13.3 Å². The van der Waals surface area contributed by atoms with E-state index in [9.17, 15) is 19.4 Å². The van der Waals surface area contributed by atoms with E-state index in [-0.39, 0.29) is 18.6 Å². The third-order valence-corrected chi connectivity index (χ3v) is 4.82. The smallest absolute Gasteiger partial charge is 0.349 e. The molecule has 1 aliphatic rings. The number of methoxy groups -OCH3 is 1. The summed E-state index contributed by atoms with van der Waals surface area (Å²) in [7, 11) is -2.30. The van der Waals surface area contributed by atoms with Crippen LogP contribution >= 0.6 is 7.60 Å². The monoisotopic (exact) mass is 395 g/mol. The third kappa shape index (κ3) is 4.63. The minimum atomic E-state index is -3.76. The van der Waals surface area contributed by atoms with Crippen molar-refractivity contribution in [3.05, 3.63) is 47.0 Å². The Hall–Kier alpha value is -2.03. The average Bonchev–Trinajstić information content (AvgIpc) is 2.96. The second-order valence-corrected chi connectivity index (χ2v) is 8.10. The molecule has 1 aliphatic heterocycles. The molecule has 0 aliphatic carbocycles. The first kappa shape index (κ1) is 19.7. The Balaban J connectivity index is 1.94.